The first-order valence-corrected chi connectivity index (χ1v) is 10.8. The van der Waals surface area contributed by atoms with E-state index in [2.05, 4.69) is 4.98 Å². The van der Waals surface area contributed by atoms with Crippen LogP contribution in [0.15, 0.2) is 42.6 Å². The monoisotopic (exact) mass is 449 g/mol. The molecule has 0 saturated carbocycles. The second-order valence-corrected chi connectivity index (χ2v) is 7.51. The van der Waals surface area contributed by atoms with Crippen molar-refractivity contribution in [2.45, 2.75) is 6.92 Å². The number of carbonyl (C=O) groups excluding carboxylic acids is 1. The number of hydrogen-bond acceptors (Lipinski definition) is 7. The fourth-order valence-corrected chi connectivity index (χ4v) is 3.92. The lowest BCUT2D eigenvalue weighted by Crippen LogP contribution is -2.40. The first-order valence-electron chi connectivity index (χ1n) is 10.8. The van der Waals surface area contributed by atoms with Gasteiger partial charge >= 0.3 is 0 Å². The van der Waals surface area contributed by atoms with Crippen LogP contribution in [0.3, 0.4) is 0 Å². The summed E-state index contributed by atoms with van der Waals surface area (Å²) in [6.45, 7) is 4.78. The maximum atomic E-state index is 13.5. The Morgan fingerprint density at radius 3 is 2.45 bits per heavy atom. The van der Waals surface area contributed by atoms with E-state index in [9.17, 15) is 4.79 Å². The predicted octanol–water partition coefficient (Wildman–Crippen LogP) is 3.54. The van der Waals surface area contributed by atoms with Gasteiger partial charge in [0.15, 0.2) is 11.5 Å². The highest BCUT2D eigenvalue weighted by Crippen LogP contribution is 2.36. The molecule has 8 heteroatoms. The fraction of sp³-hybridized carbons (Fsp3) is 0.320. The van der Waals surface area contributed by atoms with Gasteiger partial charge in [0.25, 0.3) is 0 Å². The number of benzene rings is 2. The summed E-state index contributed by atoms with van der Waals surface area (Å²) in [5, 5.41) is 10.1. The first-order chi connectivity index (χ1) is 16.1. The van der Waals surface area contributed by atoms with Crippen molar-refractivity contribution in [2.24, 2.45) is 0 Å². The largest absolute Gasteiger partial charge is 0.494 e. The van der Waals surface area contributed by atoms with Gasteiger partial charge in [-0.2, -0.15) is 0 Å². The van der Waals surface area contributed by atoms with Crippen LogP contribution in [0.4, 0.5) is 0 Å². The van der Waals surface area contributed by atoms with Crippen LogP contribution in [0.25, 0.3) is 10.8 Å². The highest BCUT2D eigenvalue weighted by Gasteiger charge is 2.23. The summed E-state index contributed by atoms with van der Waals surface area (Å²) in [7, 11) is 3.10. The molecule has 0 radical (unpaired) electrons. The molecular weight excluding hydrogens is 422 g/mol. The average Bonchev–Trinajstić information content (AvgIpc) is 2.87. The Morgan fingerprint density at radius 1 is 1.09 bits per heavy atom. The number of pyridine rings is 1. The molecule has 33 heavy (non-hydrogen) atoms. The van der Waals surface area contributed by atoms with E-state index in [-0.39, 0.29) is 11.5 Å². The molecule has 1 fully saturated rings. The van der Waals surface area contributed by atoms with Gasteiger partial charge < -0.3 is 23.8 Å². The number of ketones is 1. The number of ether oxygens (including phenoxy) is 4. The van der Waals surface area contributed by atoms with E-state index in [1.165, 1.54) is 0 Å². The molecule has 2 heterocycles. The molecule has 1 aromatic heterocycles. The third kappa shape index (κ3) is 4.47. The highest BCUT2D eigenvalue weighted by atomic mass is 16.5. The number of amidine groups is 1. The van der Waals surface area contributed by atoms with Crippen molar-refractivity contribution in [3.05, 3.63) is 59.4 Å². The molecule has 2 aromatic carbocycles. The van der Waals surface area contributed by atoms with Crippen LogP contribution in [-0.2, 0) is 4.74 Å². The summed E-state index contributed by atoms with van der Waals surface area (Å²) in [5.74, 6) is 1.72. The minimum absolute atomic E-state index is 0.238. The van der Waals surface area contributed by atoms with E-state index in [4.69, 9.17) is 24.4 Å². The Hall–Kier alpha value is -3.65. The van der Waals surface area contributed by atoms with Crippen LogP contribution < -0.4 is 14.2 Å². The van der Waals surface area contributed by atoms with Gasteiger partial charge in [0.1, 0.15) is 17.3 Å². The third-order valence-corrected chi connectivity index (χ3v) is 5.60. The summed E-state index contributed by atoms with van der Waals surface area (Å²) in [6, 6.07) is 10.6. The smallest absolute Gasteiger partial charge is 0.212 e. The Bertz CT molecular complexity index is 1190. The number of carbonyl (C=O) groups is 1. The molecule has 1 N–H and O–H groups in total. The number of nitrogens with one attached hydrogen (secondary N) is 1. The lowest BCUT2D eigenvalue weighted by molar-refractivity contribution is 0.0680. The molecule has 0 bridgehead atoms. The van der Waals surface area contributed by atoms with Crippen molar-refractivity contribution in [3.63, 3.8) is 0 Å². The standard InChI is InChI=1S/C25H27N3O5/c1-4-33-17-7-5-6-16(12-17)24(29)23-19-14-22(31-3)21(30-2)13-18(19)20(15-27-23)25(26)28-8-10-32-11-9-28/h5-7,12-15,26H,4,8-11H2,1-3H3. The molecular formula is C25H27N3O5. The molecule has 1 aliphatic rings. The molecule has 1 saturated heterocycles. The summed E-state index contributed by atoms with van der Waals surface area (Å²) in [5.41, 5.74) is 1.37. The molecule has 0 atom stereocenters. The molecule has 4 rings (SSSR count). The van der Waals surface area contributed by atoms with Gasteiger partial charge in [0.05, 0.1) is 34.0 Å². The minimum Gasteiger partial charge on any atom is -0.494 e. The zero-order valence-corrected chi connectivity index (χ0v) is 19.0. The Labute approximate surface area is 192 Å². The van der Waals surface area contributed by atoms with E-state index in [1.54, 1.807) is 50.7 Å². The van der Waals surface area contributed by atoms with Gasteiger partial charge in [0.2, 0.25) is 5.78 Å². The molecule has 0 unspecified atom stereocenters. The average molecular weight is 450 g/mol. The maximum Gasteiger partial charge on any atom is 0.212 e. The molecule has 8 nitrogen and oxygen atoms in total. The van der Waals surface area contributed by atoms with Crippen LogP contribution in [0, 0.1) is 5.41 Å². The van der Waals surface area contributed by atoms with Gasteiger partial charge in [0, 0.05) is 41.2 Å². The van der Waals surface area contributed by atoms with Crippen LogP contribution >= 0.6 is 0 Å². The van der Waals surface area contributed by atoms with Crippen LogP contribution in [-0.4, -0.2) is 68.6 Å². The number of aromatic nitrogens is 1. The highest BCUT2D eigenvalue weighted by molar-refractivity contribution is 6.18. The Kier molecular flexibility index (Phi) is 6.74. The lowest BCUT2D eigenvalue weighted by Gasteiger charge is -2.29. The van der Waals surface area contributed by atoms with Gasteiger partial charge in [-0.25, -0.2) is 0 Å². The fourth-order valence-electron chi connectivity index (χ4n) is 3.92. The Balaban J connectivity index is 1.86. The van der Waals surface area contributed by atoms with Gasteiger partial charge in [-0.05, 0) is 31.2 Å². The van der Waals surface area contributed by atoms with Crippen molar-refractivity contribution in [3.8, 4) is 17.2 Å². The number of methoxy groups -OCH3 is 2. The number of hydrogen-bond donors (Lipinski definition) is 1. The quantitative estimate of drug-likeness (QED) is 0.335. The minimum atomic E-state index is -0.238. The third-order valence-electron chi connectivity index (χ3n) is 5.60. The second-order valence-electron chi connectivity index (χ2n) is 7.51. The van der Waals surface area contributed by atoms with E-state index in [1.807, 2.05) is 17.9 Å². The SMILES string of the molecule is CCOc1cccc(C(=O)c2ncc(C(=N)N3CCOCC3)c3cc(OC)c(OC)cc23)c1. The maximum absolute atomic E-state index is 13.5. The number of rotatable bonds is 7. The Morgan fingerprint density at radius 2 is 1.79 bits per heavy atom. The summed E-state index contributed by atoms with van der Waals surface area (Å²) in [4.78, 5) is 20.0. The van der Waals surface area contributed by atoms with Crippen molar-refractivity contribution >= 4 is 22.4 Å². The molecule has 172 valence electrons. The van der Waals surface area contributed by atoms with E-state index in [0.29, 0.717) is 77.9 Å². The van der Waals surface area contributed by atoms with Crippen LogP contribution in [0.5, 0.6) is 17.2 Å². The summed E-state index contributed by atoms with van der Waals surface area (Å²) in [6.07, 6.45) is 1.59. The molecule has 0 amide bonds. The molecule has 3 aromatic rings. The lowest BCUT2D eigenvalue weighted by atomic mass is 9.98. The topological polar surface area (TPSA) is 94.0 Å². The molecule has 0 aliphatic carbocycles. The first kappa shape index (κ1) is 22.5. The number of fused-ring (bicyclic) bond motifs is 1. The zero-order chi connectivity index (χ0) is 23.4. The van der Waals surface area contributed by atoms with E-state index < -0.39 is 0 Å². The number of nitrogens with zero attached hydrogens (tertiary/aromatic N) is 2. The molecule has 0 spiro atoms. The summed E-state index contributed by atoms with van der Waals surface area (Å²) >= 11 is 0. The van der Waals surface area contributed by atoms with E-state index in [0.717, 1.165) is 0 Å². The normalized spacial score (nSPS) is 13.6. The van der Waals surface area contributed by atoms with Crippen LogP contribution in [0.2, 0.25) is 0 Å². The zero-order valence-electron chi connectivity index (χ0n) is 19.0. The van der Waals surface area contributed by atoms with Crippen molar-refractivity contribution in [2.75, 3.05) is 47.1 Å². The van der Waals surface area contributed by atoms with Gasteiger partial charge in [-0.15, -0.1) is 0 Å². The van der Waals surface area contributed by atoms with Crippen molar-refractivity contribution in [1.82, 2.24) is 9.88 Å². The predicted molar refractivity (Wildman–Crippen MR) is 125 cm³/mol. The second kappa shape index (κ2) is 9.87. The van der Waals surface area contributed by atoms with Gasteiger partial charge in [-0.3, -0.25) is 15.2 Å². The van der Waals surface area contributed by atoms with Crippen molar-refractivity contribution < 1.29 is 23.7 Å². The molecule has 1 aliphatic heterocycles. The number of morpholine rings is 1. The van der Waals surface area contributed by atoms with Gasteiger partial charge in [-0.1, -0.05) is 12.1 Å². The summed E-state index contributed by atoms with van der Waals surface area (Å²) < 4.78 is 22.0. The van der Waals surface area contributed by atoms with Crippen LogP contribution in [0.1, 0.15) is 28.5 Å². The van der Waals surface area contributed by atoms with E-state index >= 15 is 0 Å². The van der Waals surface area contributed by atoms with Crippen molar-refractivity contribution in [1.29, 1.82) is 5.41 Å².